The summed E-state index contributed by atoms with van der Waals surface area (Å²) < 4.78 is 11.7. The highest BCUT2D eigenvalue weighted by molar-refractivity contribution is 6.04. The van der Waals surface area contributed by atoms with Crippen LogP contribution >= 0.6 is 0 Å². The van der Waals surface area contributed by atoms with Crippen molar-refractivity contribution in [3.8, 4) is 11.5 Å². The van der Waals surface area contributed by atoms with Crippen molar-refractivity contribution >= 4 is 11.6 Å². The van der Waals surface area contributed by atoms with Gasteiger partial charge in [-0.1, -0.05) is 25.1 Å². The SMILES string of the molecule is CCOc1ccc(C(=O)Nc2ccc(CC)cc2)cc1COc1cc(C)cc(C)c1. The minimum atomic E-state index is -0.157. The second kappa shape index (κ2) is 9.97. The number of carbonyl (C=O) groups excluding carboxylic acids is 1. The predicted octanol–water partition coefficient (Wildman–Crippen LogP) is 6.10. The first kappa shape index (κ1) is 21.4. The number of amides is 1. The van der Waals surface area contributed by atoms with Crippen LogP contribution in [0.1, 0.15) is 46.5 Å². The van der Waals surface area contributed by atoms with E-state index in [0.717, 1.165) is 40.3 Å². The van der Waals surface area contributed by atoms with Crippen molar-refractivity contribution in [2.24, 2.45) is 0 Å². The Hall–Kier alpha value is -3.27. The van der Waals surface area contributed by atoms with Crippen molar-refractivity contribution in [3.05, 3.63) is 88.5 Å². The summed E-state index contributed by atoms with van der Waals surface area (Å²) in [5.74, 6) is 1.38. The second-order valence-corrected chi connectivity index (χ2v) is 7.37. The lowest BCUT2D eigenvalue weighted by atomic mass is 10.1. The van der Waals surface area contributed by atoms with Gasteiger partial charge < -0.3 is 14.8 Å². The van der Waals surface area contributed by atoms with Gasteiger partial charge in [0.1, 0.15) is 18.1 Å². The fraction of sp³-hybridized carbons (Fsp3) is 0.269. The third kappa shape index (κ3) is 5.63. The maximum Gasteiger partial charge on any atom is 0.255 e. The molecule has 156 valence electrons. The van der Waals surface area contributed by atoms with Crippen LogP contribution in [0.5, 0.6) is 11.5 Å². The zero-order valence-electron chi connectivity index (χ0n) is 18.1. The van der Waals surface area contributed by atoms with E-state index in [2.05, 4.69) is 18.3 Å². The average Bonchev–Trinajstić information content (AvgIpc) is 2.73. The van der Waals surface area contributed by atoms with E-state index in [0.29, 0.717) is 18.8 Å². The lowest BCUT2D eigenvalue weighted by molar-refractivity contribution is 0.102. The molecule has 0 atom stereocenters. The zero-order valence-corrected chi connectivity index (χ0v) is 18.1. The number of aryl methyl sites for hydroxylation is 3. The second-order valence-electron chi connectivity index (χ2n) is 7.37. The maximum absolute atomic E-state index is 12.8. The van der Waals surface area contributed by atoms with Crippen LogP contribution in [0.3, 0.4) is 0 Å². The molecule has 0 aliphatic heterocycles. The maximum atomic E-state index is 12.8. The third-order valence-electron chi connectivity index (χ3n) is 4.83. The summed E-state index contributed by atoms with van der Waals surface area (Å²) in [6, 6.07) is 19.5. The van der Waals surface area contributed by atoms with Crippen molar-refractivity contribution in [2.75, 3.05) is 11.9 Å². The summed E-state index contributed by atoms with van der Waals surface area (Å²) in [5.41, 5.74) is 5.72. The Bertz CT molecular complexity index is 989. The van der Waals surface area contributed by atoms with Gasteiger partial charge in [0.2, 0.25) is 0 Å². The monoisotopic (exact) mass is 403 g/mol. The first-order chi connectivity index (χ1) is 14.5. The van der Waals surface area contributed by atoms with Gasteiger partial charge >= 0.3 is 0 Å². The number of nitrogens with one attached hydrogen (secondary N) is 1. The molecule has 0 heterocycles. The molecule has 0 bridgehead atoms. The highest BCUT2D eigenvalue weighted by Crippen LogP contribution is 2.24. The van der Waals surface area contributed by atoms with Crippen LogP contribution in [0.15, 0.2) is 60.7 Å². The summed E-state index contributed by atoms with van der Waals surface area (Å²) in [7, 11) is 0. The number of hydrogen-bond acceptors (Lipinski definition) is 3. The largest absolute Gasteiger partial charge is 0.493 e. The molecule has 1 N–H and O–H groups in total. The van der Waals surface area contributed by atoms with Crippen LogP contribution in [0.2, 0.25) is 0 Å². The smallest absolute Gasteiger partial charge is 0.255 e. The molecule has 0 saturated carbocycles. The van der Waals surface area contributed by atoms with Gasteiger partial charge in [0.05, 0.1) is 6.61 Å². The van der Waals surface area contributed by atoms with E-state index in [1.165, 1.54) is 5.56 Å². The minimum Gasteiger partial charge on any atom is -0.493 e. The molecule has 0 unspecified atom stereocenters. The number of rotatable bonds is 8. The van der Waals surface area contributed by atoms with Gasteiger partial charge in [-0.2, -0.15) is 0 Å². The molecule has 0 saturated heterocycles. The van der Waals surface area contributed by atoms with Gasteiger partial charge in [-0.3, -0.25) is 4.79 Å². The summed E-state index contributed by atoms with van der Waals surface area (Å²) in [4.78, 5) is 12.8. The predicted molar refractivity (Wildman–Crippen MR) is 122 cm³/mol. The number of benzene rings is 3. The van der Waals surface area contributed by atoms with Crippen molar-refractivity contribution in [1.29, 1.82) is 0 Å². The van der Waals surface area contributed by atoms with Gasteiger partial charge in [-0.25, -0.2) is 0 Å². The molecule has 0 aliphatic rings. The standard InChI is InChI=1S/C26H29NO3/c1-5-20-7-10-23(11-8-20)27-26(28)21-9-12-25(29-6-2)22(16-21)17-30-24-14-18(3)13-19(4)15-24/h7-16H,5-6,17H2,1-4H3,(H,27,28). The third-order valence-corrected chi connectivity index (χ3v) is 4.83. The molecule has 0 spiro atoms. The fourth-order valence-electron chi connectivity index (χ4n) is 3.33. The Morgan fingerprint density at radius 3 is 2.20 bits per heavy atom. The number of ether oxygens (including phenoxy) is 2. The fourth-order valence-corrected chi connectivity index (χ4v) is 3.33. The molecular weight excluding hydrogens is 374 g/mol. The molecule has 4 heteroatoms. The van der Waals surface area contributed by atoms with Crippen LogP contribution < -0.4 is 14.8 Å². The Labute approximate surface area is 178 Å². The minimum absolute atomic E-state index is 0.157. The molecule has 0 fully saturated rings. The van der Waals surface area contributed by atoms with Crippen molar-refractivity contribution in [3.63, 3.8) is 0 Å². The van der Waals surface area contributed by atoms with Crippen molar-refractivity contribution in [2.45, 2.75) is 40.7 Å². The van der Waals surface area contributed by atoms with Crippen molar-refractivity contribution < 1.29 is 14.3 Å². The molecular formula is C26H29NO3. The highest BCUT2D eigenvalue weighted by atomic mass is 16.5. The zero-order chi connectivity index (χ0) is 21.5. The normalized spacial score (nSPS) is 10.5. The molecule has 1 amide bonds. The number of carbonyl (C=O) groups is 1. The van der Waals surface area contributed by atoms with Crippen LogP contribution in [0.4, 0.5) is 5.69 Å². The quantitative estimate of drug-likeness (QED) is 0.495. The van der Waals surface area contributed by atoms with E-state index in [9.17, 15) is 4.79 Å². The Morgan fingerprint density at radius 2 is 1.57 bits per heavy atom. The van der Waals surface area contributed by atoms with Crippen molar-refractivity contribution in [1.82, 2.24) is 0 Å². The molecule has 0 aliphatic carbocycles. The van der Waals surface area contributed by atoms with Gasteiger partial charge in [0.25, 0.3) is 5.91 Å². The topological polar surface area (TPSA) is 47.6 Å². The van der Waals surface area contributed by atoms with E-state index in [4.69, 9.17) is 9.47 Å². The number of anilines is 1. The molecule has 3 aromatic rings. The molecule has 4 nitrogen and oxygen atoms in total. The molecule has 3 rings (SSSR count). The van der Waals surface area contributed by atoms with Crippen LogP contribution in [-0.4, -0.2) is 12.5 Å². The first-order valence-electron chi connectivity index (χ1n) is 10.4. The molecule has 3 aromatic carbocycles. The highest BCUT2D eigenvalue weighted by Gasteiger charge is 2.12. The summed E-state index contributed by atoms with van der Waals surface area (Å²) in [6.45, 7) is 9.01. The molecule has 30 heavy (non-hydrogen) atoms. The van der Waals surface area contributed by atoms with Gasteiger partial charge in [-0.05, 0) is 86.3 Å². The Balaban J connectivity index is 1.77. The van der Waals surface area contributed by atoms with Crippen LogP contribution in [0.25, 0.3) is 0 Å². The molecule has 0 radical (unpaired) electrons. The van der Waals surface area contributed by atoms with E-state index < -0.39 is 0 Å². The van der Waals surface area contributed by atoms with Crippen LogP contribution in [0, 0.1) is 13.8 Å². The summed E-state index contributed by atoms with van der Waals surface area (Å²) in [5, 5.41) is 2.96. The van der Waals surface area contributed by atoms with Crippen LogP contribution in [-0.2, 0) is 13.0 Å². The number of hydrogen-bond donors (Lipinski definition) is 1. The van der Waals surface area contributed by atoms with Gasteiger partial charge in [0, 0.05) is 16.8 Å². The first-order valence-corrected chi connectivity index (χ1v) is 10.4. The van der Waals surface area contributed by atoms with E-state index in [-0.39, 0.29) is 5.91 Å². The summed E-state index contributed by atoms with van der Waals surface area (Å²) in [6.07, 6.45) is 0.969. The van der Waals surface area contributed by atoms with Gasteiger partial charge in [0.15, 0.2) is 0 Å². The lowest BCUT2D eigenvalue weighted by Crippen LogP contribution is -2.13. The van der Waals surface area contributed by atoms with Gasteiger partial charge in [-0.15, -0.1) is 0 Å². The van der Waals surface area contributed by atoms with E-state index >= 15 is 0 Å². The Kier molecular flexibility index (Phi) is 7.12. The van der Waals surface area contributed by atoms with E-state index in [1.54, 1.807) is 6.07 Å². The average molecular weight is 404 g/mol. The Morgan fingerprint density at radius 1 is 0.867 bits per heavy atom. The summed E-state index contributed by atoms with van der Waals surface area (Å²) >= 11 is 0. The van der Waals surface area contributed by atoms with E-state index in [1.807, 2.05) is 69.3 Å². The molecule has 0 aromatic heterocycles. The lowest BCUT2D eigenvalue weighted by Gasteiger charge is -2.14.